The molecule has 0 atom stereocenters. The van der Waals surface area contributed by atoms with Crippen molar-refractivity contribution in [1.82, 2.24) is 10.2 Å². The predicted molar refractivity (Wildman–Crippen MR) is 67.8 cm³/mol. The Morgan fingerprint density at radius 1 is 1.11 bits per heavy atom. The van der Waals surface area contributed by atoms with Gasteiger partial charge in [-0.2, -0.15) is 0 Å². The molecule has 5 heteroatoms. The van der Waals surface area contributed by atoms with Crippen molar-refractivity contribution < 1.29 is 4.42 Å². The molecule has 0 spiro atoms. The lowest BCUT2D eigenvalue weighted by Crippen LogP contribution is -2.49. The smallest absolute Gasteiger partial charge is 0.316 e. The maximum atomic E-state index is 5.43. The molecule has 3 N–H and O–H groups in total. The molecule has 5 rings (SSSR count). The third-order valence-corrected chi connectivity index (χ3v) is 5.22. The molecule has 98 valence electrons. The number of aromatic nitrogens is 2. The average Bonchev–Trinajstić information content (AvgIpc) is 2.71. The fourth-order valence-electron chi connectivity index (χ4n) is 5.08. The molecule has 0 unspecified atom stereocenters. The second kappa shape index (κ2) is 3.62. The molecule has 0 aliphatic heterocycles. The summed E-state index contributed by atoms with van der Waals surface area (Å²) in [7, 11) is 0. The number of hydrogen-bond acceptors (Lipinski definition) is 5. The minimum Gasteiger partial charge on any atom is -0.390 e. The third-order valence-electron chi connectivity index (χ3n) is 5.22. The van der Waals surface area contributed by atoms with Crippen LogP contribution >= 0.6 is 0 Å². The average molecular weight is 248 g/mol. The molecule has 18 heavy (non-hydrogen) atoms. The van der Waals surface area contributed by atoms with Crippen LogP contribution in [0.15, 0.2) is 4.42 Å². The van der Waals surface area contributed by atoms with E-state index in [0.29, 0.717) is 11.4 Å². The molecule has 4 fully saturated rings. The lowest BCUT2D eigenvalue weighted by atomic mass is 9.49. The summed E-state index contributed by atoms with van der Waals surface area (Å²) in [6.45, 7) is 0.970. The highest BCUT2D eigenvalue weighted by Crippen LogP contribution is 2.59. The van der Waals surface area contributed by atoms with Crippen LogP contribution in [0.25, 0.3) is 0 Å². The molecule has 4 bridgehead atoms. The van der Waals surface area contributed by atoms with E-state index in [1.165, 1.54) is 38.5 Å². The Morgan fingerprint density at radius 3 is 2.22 bits per heavy atom. The normalized spacial score (nSPS) is 41.2. The van der Waals surface area contributed by atoms with Crippen LogP contribution in [0, 0.1) is 23.2 Å². The fourth-order valence-corrected chi connectivity index (χ4v) is 5.08. The topological polar surface area (TPSA) is 77.0 Å². The number of nitrogen functional groups attached to an aromatic ring is 1. The van der Waals surface area contributed by atoms with Crippen LogP contribution in [-0.2, 0) is 0 Å². The minimum atomic E-state index is 0.142. The summed E-state index contributed by atoms with van der Waals surface area (Å²) in [6, 6.07) is 0.617. The summed E-state index contributed by atoms with van der Waals surface area (Å²) >= 11 is 0. The first-order valence-corrected chi connectivity index (χ1v) is 7.04. The van der Waals surface area contributed by atoms with Gasteiger partial charge in [-0.25, -0.2) is 0 Å². The highest BCUT2D eigenvalue weighted by Gasteiger charge is 2.50. The van der Waals surface area contributed by atoms with Gasteiger partial charge in [0.25, 0.3) is 0 Å². The first kappa shape index (κ1) is 10.6. The summed E-state index contributed by atoms with van der Waals surface area (Å²) in [6.07, 6.45) is 8.59. The summed E-state index contributed by atoms with van der Waals surface area (Å²) in [5, 5.41) is 10.9. The Morgan fingerprint density at radius 2 is 1.72 bits per heavy atom. The van der Waals surface area contributed by atoms with E-state index in [1.54, 1.807) is 0 Å². The van der Waals surface area contributed by atoms with E-state index in [9.17, 15) is 0 Å². The molecular formula is C13H20N4O. The van der Waals surface area contributed by atoms with Crippen molar-refractivity contribution in [3.8, 4) is 0 Å². The van der Waals surface area contributed by atoms with Gasteiger partial charge < -0.3 is 15.5 Å². The quantitative estimate of drug-likeness (QED) is 0.858. The third kappa shape index (κ3) is 1.68. The first-order valence-electron chi connectivity index (χ1n) is 7.04. The van der Waals surface area contributed by atoms with E-state index >= 15 is 0 Å². The van der Waals surface area contributed by atoms with Crippen molar-refractivity contribution in [2.75, 3.05) is 17.6 Å². The number of rotatable bonds is 3. The zero-order chi connectivity index (χ0) is 12.2. The van der Waals surface area contributed by atoms with Crippen molar-refractivity contribution in [2.24, 2.45) is 23.2 Å². The van der Waals surface area contributed by atoms with Gasteiger partial charge in [0.1, 0.15) is 0 Å². The van der Waals surface area contributed by atoms with E-state index in [1.807, 2.05) is 0 Å². The largest absolute Gasteiger partial charge is 0.390 e. The molecule has 1 heterocycles. The zero-order valence-corrected chi connectivity index (χ0v) is 10.6. The van der Waals surface area contributed by atoms with Crippen molar-refractivity contribution in [1.29, 1.82) is 0 Å². The number of nitrogens with one attached hydrogen (secondary N) is 1. The van der Waals surface area contributed by atoms with Crippen LogP contribution in [0.2, 0.25) is 0 Å². The first-order chi connectivity index (χ1) is 8.71. The van der Waals surface area contributed by atoms with E-state index < -0.39 is 0 Å². The van der Waals surface area contributed by atoms with Crippen molar-refractivity contribution in [3.63, 3.8) is 0 Å². The summed E-state index contributed by atoms with van der Waals surface area (Å²) < 4.78 is 5.19. The molecule has 4 aliphatic carbocycles. The SMILES string of the molecule is Nc1nnc(NCC23CC4CC(CC(C4)C2)C3)o1. The van der Waals surface area contributed by atoms with Gasteiger partial charge in [-0.1, -0.05) is 10.2 Å². The zero-order valence-electron chi connectivity index (χ0n) is 10.6. The van der Waals surface area contributed by atoms with E-state index in [-0.39, 0.29) is 6.01 Å². The molecule has 0 amide bonds. The Kier molecular flexibility index (Phi) is 2.14. The molecule has 0 radical (unpaired) electrons. The van der Waals surface area contributed by atoms with Gasteiger partial charge in [0.15, 0.2) is 0 Å². The Labute approximate surface area is 107 Å². The van der Waals surface area contributed by atoms with Gasteiger partial charge in [0.2, 0.25) is 0 Å². The standard InChI is InChI=1S/C13H20N4O/c14-11-16-17-12(18-11)15-7-13-4-8-1-9(5-13)3-10(2-8)6-13/h8-10H,1-7H2,(H2,14,16)(H,15,17). The maximum Gasteiger partial charge on any atom is 0.316 e. The van der Waals surface area contributed by atoms with Crippen molar-refractivity contribution in [2.45, 2.75) is 38.5 Å². The van der Waals surface area contributed by atoms with Gasteiger partial charge in [-0.15, -0.1) is 0 Å². The van der Waals surface area contributed by atoms with Gasteiger partial charge in [0, 0.05) is 6.54 Å². The Hall–Kier alpha value is -1.26. The van der Waals surface area contributed by atoms with Gasteiger partial charge in [0.05, 0.1) is 0 Å². The maximum absolute atomic E-state index is 5.43. The Bertz CT molecular complexity index is 420. The van der Waals surface area contributed by atoms with Crippen LogP contribution in [-0.4, -0.2) is 16.7 Å². The predicted octanol–water partition coefficient (Wildman–Crippen LogP) is 2.28. The van der Waals surface area contributed by atoms with Crippen LogP contribution in [0.1, 0.15) is 38.5 Å². The monoisotopic (exact) mass is 248 g/mol. The number of nitrogens with zero attached hydrogens (tertiary/aromatic N) is 2. The Balaban J connectivity index is 1.47. The molecule has 5 nitrogen and oxygen atoms in total. The molecule has 4 aliphatic rings. The molecular weight excluding hydrogens is 228 g/mol. The lowest BCUT2D eigenvalue weighted by molar-refractivity contribution is -0.0446. The minimum absolute atomic E-state index is 0.142. The van der Waals surface area contributed by atoms with E-state index in [0.717, 1.165) is 24.3 Å². The molecule has 4 saturated carbocycles. The van der Waals surface area contributed by atoms with Crippen LogP contribution in [0.3, 0.4) is 0 Å². The molecule has 0 aromatic carbocycles. The molecule has 1 aromatic rings. The highest BCUT2D eigenvalue weighted by atomic mass is 16.4. The van der Waals surface area contributed by atoms with Crippen molar-refractivity contribution >= 4 is 12.0 Å². The second-order valence-electron chi connectivity index (χ2n) is 6.72. The second-order valence-corrected chi connectivity index (χ2v) is 6.72. The number of hydrogen-bond donors (Lipinski definition) is 2. The number of nitrogens with two attached hydrogens (primary N) is 1. The van der Waals surface area contributed by atoms with Crippen molar-refractivity contribution in [3.05, 3.63) is 0 Å². The van der Waals surface area contributed by atoms with Crippen LogP contribution in [0.4, 0.5) is 12.0 Å². The summed E-state index contributed by atoms with van der Waals surface area (Å²) in [4.78, 5) is 0. The fraction of sp³-hybridized carbons (Fsp3) is 0.846. The van der Waals surface area contributed by atoms with Gasteiger partial charge in [-0.05, 0) is 61.7 Å². The van der Waals surface area contributed by atoms with E-state index in [4.69, 9.17) is 10.2 Å². The van der Waals surface area contributed by atoms with Gasteiger partial charge in [-0.3, -0.25) is 0 Å². The van der Waals surface area contributed by atoms with E-state index in [2.05, 4.69) is 15.5 Å². The van der Waals surface area contributed by atoms with Crippen LogP contribution in [0.5, 0.6) is 0 Å². The van der Waals surface area contributed by atoms with Crippen LogP contribution < -0.4 is 11.1 Å². The summed E-state index contributed by atoms with van der Waals surface area (Å²) in [5.41, 5.74) is 5.92. The number of anilines is 2. The van der Waals surface area contributed by atoms with Gasteiger partial charge >= 0.3 is 12.0 Å². The summed E-state index contributed by atoms with van der Waals surface area (Å²) in [5.74, 6) is 2.93. The molecule has 0 saturated heterocycles. The lowest BCUT2D eigenvalue weighted by Gasteiger charge is -2.56. The molecule has 1 aromatic heterocycles. The highest BCUT2D eigenvalue weighted by molar-refractivity contribution is 5.23.